The van der Waals surface area contributed by atoms with Gasteiger partial charge in [-0.05, 0) is 38.5 Å². The Morgan fingerprint density at radius 1 is 1.59 bits per heavy atom. The van der Waals surface area contributed by atoms with Crippen LogP contribution < -0.4 is 5.32 Å². The molecule has 1 amide bonds. The summed E-state index contributed by atoms with van der Waals surface area (Å²) in [6.45, 7) is 5.19. The van der Waals surface area contributed by atoms with E-state index >= 15 is 0 Å². The van der Waals surface area contributed by atoms with Crippen molar-refractivity contribution in [3.63, 3.8) is 0 Å². The van der Waals surface area contributed by atoms with Crippen LogP contribution in [0.2, 0.25) is 0 Å². The number of aromatic nitrogens is 1. The summed E-state index contributed by atoms with van der Waals surface area (Å²) in [6.07, 6.45) is 5.84. The van der Waals surface area contributed by atoms with E-state index < -0.39 is 11.6 Å². The van der Waals surface area contributed by atoms with E-state index in [1.165, 1.54) is 6.08 Å². The average Bonchev–Trinajstić information content (AvgIpc) is 2.27. The maximum absolute atomic E-state index is 11.6. The Labute approximate surface area is 101 Å². The topological polar surface area (TPSA) is 62.2 Å². The van der Waals surface area contributed by atoms with Crippen LogP contribution in [0.15, 0.2) is 30.6 Å². The van der Waals surface area contributed by atoms with Gasteiger partial charge in [-0.25, -0.2) is 0 Å². The predicted molar refractivity (Wildman–Crippen MR) is 67.2 cm³/mol. The number of aliphatic hydroxyl groups is 1. The van der Waals surface area contributed by atoms with E-state index in [-0.39, 0.29) is 5.91 Å². The van der Waals surface area contributed by atoms with Crippen molar-refractivity contribution in [2.45, 2.75) is 32.4 Å². The third kappa shape index (κ3) is 4.36. The highest BCUT2D eigenvalue weighted by Gasteiger charge is 2.24. The van der Waals surface area contributed by atoms with Gasteiger partial charge in [-0.15, -0.1) is 0 Å². The van der Waals surface area contributed by atoms with Gasteiger partial charge in [-0.2, -0.15) is 0 Å². The molecule has 1 aromatic rings. The van der Waals surface area contributed by atoms with Gasteiger partial charge in [0, 0.05) is 18.5 Å². The molecular formula is C13H18N2O2. The number of nitrogens with zero attached hydrogens (tertiary/aromatic N) is 1. The minimum Gasteiger partial charge on any atom is -0.391 e. The highest BCUT2D eigenvalue weighted by atomic mass is 16.3. The fraction of sp³-hybridized carbons (Fsp3) is 0.385. The van der Waals surface area contributed by atoms with Crippen LogP contribution >= 0.6 is 0 Å². The van der Waals surface area contributed by atoms with Crippen LogP contribution in [0.25, 0.3) is 6.08 Å². The molecule has 0 aliphatic carbocycles. The van der Waals surface area contributed by atoms with E-state index in [1.807, 2.05) is 6.07 Å². The number of carbonyl (C=O) groups is 1. The van der Waals surface area contributed by atoms with Crippen molar-refractivity contribution < 1.29 is 9.90 Å². The molecule has 1 aromatic heterocycles. The summed E-state index contributed by atoms with van der Waals surface area (Å²) in [5, 5.41) is 12.2. The number of aliphatic hydroxyl groups excluding tert-OH is 1. The van der Waals surface area contributed by atoms with E-state index in [0.717, 1.165) is 5.56 Å². The van der Waals surface area contributed by atoms with Crippen molar-refractivity contribution in [3.8, 4) is 0 Å². The van der Waals surface area contributed by atoms with Crippen LogP contribution in [-0.4, -0.2) is 27.6 Å². The minimum atomic E-state index is -0.642. The van der Waals surface area contributed by atoms with E-state index in [0.29, 0.717) is 0 Å². The van der Waals surface area contributed by atoms with Gasteiger partial charge in [-0.3, -0.25) is 9.78 Å². The lowest BCUT2D eigenvalue weighted by atomic mass is 9.99. The summed E-state index contributed by atoms with van der Waals surface area (Å²) in [4.78, 5) is 15.5. The molecule has 0 fully saturated rings. The van der Waals surface area contributed by atoms with Crippen LogP contribution in [0.4, 0.5) is 0 Å². The normalized spacial score (nSPS) is 13.6. The van der Waals surface area contributed by atoms with Crippen molar-refractivity contribution >= 4 is 12.0 Å². The molecule has 0 bridgehead atoms. The monoisotopic (exact) mass is 234 g/mol. The molecule has 0 aliphatic rings. The standard InChI is InChI=1S/C13H18N2O2/c1-10(16)13(2,3)15-12(17)7-6-11-5-4-8-14-9-11/h4-10,16H,1-3H3,(H,15,17)/b7-6+. The van der Waals surface area contributed by atoms with E-state index in [2.05, 4.69) is 10.3 Å². The van der Waals surface area contributed by atoms with Gasteiger partial charge in [-0.1, -0.05) is 6.07 Å². The molecule has 0 spiro atoms. The fourth-order valence-electron chi connectivity index (χ4n) is 1.11. The van der Waals surface area contributed by atoms with Crippen LogP contribution in [-0.2, 0) is 4.79 Å². The summed E-state index contributed by atoms with van der Waals surface area (Å²) in [5.74, 6) is -0.236. The first-order valence-corrected chi connectivity index (χ1v) is 5.50. The number of pyridine rings is 1. The maximum atomic E-state index is 11.6. The SMILES string of the molecule is CC(O)C(C)(C)NC(=O)/C=C/c1cccnc1. The van der Waals surface area contributed by atoms with Gasteiger partial charge >= 0.3 is 0 Å². The summed E-state index contributed by atoms with van der Waals surface area (Å²) >= 11 is 0. The zero-order chi connectivity index (χ0) is 12.9. The summed E-state index contributed by atoms with van der Waals surface area (Å²) in [5.41, 5.74) is 0.216. The Morgan fingerprint density at radius 2 is 2.29 bits per heavy atom. The van der Waals surface area contributed by atoms with Crippen LogP contribution in [0.5, 0.6) is 0 Å². The van der Waals surface area contributed by atoms with Crippen LogP contribution in [0.1, 0.15) is 26.3 Å². The Hall–Kier alpha value is -1.68. The fourth-order valence-corrected chi connectivity index (χ4v) is 1.11. The first-order chi connectivity index (χ1) is 7.92. The third-order valence-electron chi connectivity index (χ3n) is 2.60. The maximum Gasteiger partial charge on any atom is 0.244 e. The molecule has 1 rings (SSSR count). The van der Waals surface area contributed by atoms with Gasteiger partial charge in [0.2, 0.25) is 5.91 Å². The molecule has 92 valence electrons. The largest absolute Gasteiger partial charge is 0.391 e. The van der Waals surface area contributed by atoms with Crippen molar-refractivity contribution in [3.05, 3.63) is 36.2 Å². The predicted octanol–water partition coefficient (Wildman–Crippen LogP) is 1.37. The third-order valence-corrected chi connectivity index (χ3v) is 2.60. The zero-order valence-electron chi connectivity index (χ0n) is 10.3. The quantitative estimate of drug-likeness (QED) is 0.773. The Balaban J connectivity index is 2.59. The average molecular weight is 234 g/mol. The van der Waals surface area contributed by atoms with Gasteiger partial charge in [0.1, 0.15) is 0 Å². The molecule has 17 heavy (non-hydrogen) atoms. The zero-order valence-corrected chi connectivity index (χ0v) is 10.3. The van der Waals surface area contributed by atoms with Crippen molar-refractivity contribution in [2.75, 3.05) is 0 Å². The molecule has 0 saturated carbocycles. The van der Waals surface area contributed by atoms with E-state index in [4.69, 9.17) is 0 Å². The second kappa shape index (κ2) is 5.59. The molecule has 2 N–H and O–H groups in total. The molecule has 4 nitrogen and oxygen atoms in total. The van der Waals surface area contributed by atoms with Gasteiger partial charge in [0.25, 0.3) is 0 Å². The number of carbonyl (C=O) groups excluding carboxylic acids is 1. The lowest BCUT2D eigenvalue weighted by Crippen LogP contribution is -2.50. The van der Waals surface area contributed by atoms with Crippen molar-refractivity contribution in [2.24, 2.45) is 0 Å². The molecular weight excluding hydrogens is 216 g/mol. The van der Waals surface area contributed by atoms with Gasteiger partial charge in [0.05, 0.1) is 11.6 Å². The van der Waals surface area contributed by atoms with Crippen LogP contribution in [0, 0.1) is 0 Å². The number of nitrogens with one attached hydrogen (secondary N) is 1. The number of hydrogen-bond acceptors (Lipinski definition) is 3. The summed E-state index contributed by atoms with van der Waals surface area (Å²) in [6, 6.07) is 3.66. The van der Waals surface area contributed by atoms with Crippen LogP contribution in [0.3, 0.4) is 0 Å². The molecule has 1 atom stereocenters. The Kier molecular flexibility index (Phi) is 4.40. The van der Waals surface area contributed by atoms with Crippen molar-refractivity contribution in [1.29, 1.82) is 0 Å². The lowest BCUT2D eigenvalue weighted by molar-refractivity contribution is -0.119. The molecule has 0 aliphatic heterocycles. The molecule has 0 saturated heterocycles. The van der Waals surface area contributed by atoms with Gasteiger partial charge < -0.3 is 10.4 Å². The Bertz CT molecular complexity index is 397. The second-order valence-corrected chi connectivity index (χ2v) is 4.51. The molecule has 1 unspecified atom stereocenters. The van der Waals surface area contributed by atoms with Crippen molar-refractivity contribution in [1.82, 2.24) is 10.3 Å². The Morgan fingerprint density at radius 3 is 2.82 bits per heavy atom. The number of hydrogen-bond donors (Lipinski definition) is 2. The summed E-state index contributed by atoms with van der Waals surface area (Å²) < 4.78 is 0. The lowest BCUT2D eigenvalue weighted by Gasteiger charge is -2.28. The highest BCUT2D eigenvalue weighted by molar-refractivity contribution is 5.92. The second-order valence-electron chi connectivity index (χ2n) is 4.51. The number of rotatable bonds is 4. The first-order valence-electron chi connectivity index (χ1n) is 5.50. The molecule has 1 heterocycles. The smallest absolute Gasteiger partial charge is 0.244 e. The van der Waals surface area contributed by atoms with E-state index in [9.17, 15) is 9.90 Å². The highest BCUT2D eigenvalue weighted by Crippen LogP contribution is 2.08. The molecule has 0 radical (unpaired) electrons. The summed E-state index contributed by atoms with van der Waals surface area (Å²) in [7, 11) is 0. The molecule has 0 aromatic carbocycles. The minimum absolute atomic E-state index is 0.236. The van der Waals surface area contributed by atoms with E-state index in [1.54, 1.807) is 45.3 Å². The van der Waals surface area contributed by atoms with Gasteiger partial charge in [0.15, 0.2) is 0 Å². The number of amides is 1. The first kappa shape index (κ1) is 13.4. The molecule has 4 heteroatoms.